The van der Waals surface area contributed by atoms with Gasteiger partial charge in [0, 0.05) is 32.5 Å². The van der Waals surface area contributed by atoms with Gasteiger partial charge in [0.1, 0.15) is 0 Å². The number of hydrogen-bond acceptors (Lipinski definition) is 3. The maximum Gasteiger partial charge on any atom is 0.170 e. The molecule has 0 atom stereocenters. The lowest BCUT2D eigenvalue weighted by Gasteiger charge is -2.39. The molecule has 0 aromatic heterocycles. The van der Waals surface area contributed by atoms with E-state index in [1.807, 2.05) is 0 Å². The summed E-state index contributed by atoms with van der Waals surface area (Å²) in [4.78, 5) is 2.63. The zero-order valence-corrected chi connectivity index (χ0v) is 10.8. The lowest BCUT2D eigenvalue weighted by Crippen LogP contribution is -2.46. The van der Waals surface area contributed by atoms with Crippen LogP contribution in [0.5, 0.6) is 0 Å². The minimum Gasteiger partial charge on any atom is -0.347 e. The molecule has 0 N–H and O–H groups in total. The molecule has 2 saturated heterocycles. The molecule has 3 nitrogen and oxygen atoms in total. The van der Waals surface area contributed by atoms with Gasteiger partial charge in [0.05, 0.1) is 13.2 Å². The first kappa shape index (κ1) is 11.9. The van der Waals surface area contributed by atoms with E-state index in [1.54, 1.807) is 0 Å². The summed E-state index contributed by atoms with van der Waals surface area (Å²) in [5.41, 5.74) is 0. The molecule has 3 heteroatoms. The predicted octanol–water partition coefficient (Wildman–Crippen LogP) is 2.41. The second kappa shape index (κ2) is 5.25. The number of hydrogen-bond donors (Lipinski definition) is 0. The maximum absolute atomic E-state index is 5.77. The fraction of sp³-hybridized carbons (Fsp3) is 1.00. The van der Waals surface area contributed by atoms with Crippen LogP contribution in [0.4, 0.5) is 0 Å². The Morgan fingerprint density at radius 2 is 1.59 bits per heavy atom. The monoisotopic (exact) mass is 239 g/mol. The van der Waals surface area contributed by atoms with Gasteiger partial charge in [-0.1, -0.05) is 19.3 Å². The van der Waals surface area contributed by atoms with Crippen LogP contribution in [0, 0.1) is 5.92 Å². The molecule has 0 unspecified atom stereocenters. The van der Waals surface area contributed by atoms with E-state index < -0.39 is 0 Å². The van der Waals surface area contributed by atoms with Gasteiger partial charge < -0.3 is 14.4 Å². The summed E-state index contributed by atoms with van der Waals surface area (Å²) in [6.45, 7) is 5.23. The third-order valence-corrected chi connectivity index (χ3v) is 4.67. The van der Waals surface area contributed by atoms with Crippen LogP contribution in [0.3, 0.4) is 0 Å². The van der Waals surface area contributed by atoms with E-state index in [0.29, 0.717) is 0 Å². The van der Waals surface area contributed by atoms with E-state index in [-0.39, 0.29) is 5.79 Å². The first-order valence-corrected chi connectivity index (χ1v) is 7.37. The molecule has 0 bridgehead atoms. The second-order valence-corrected chi connectivity index (χ2v) is 5.91. The zero-order chi connectivity index (χ0) is 11.6. The predicted molar refractivity (Wildman–Crippen MR) is 66.9 cm³/mol. The van der Waals surface area contributed by atoms with E-state index in [0.717, 1.165) is 45.1 Å². The van der Waals surface area contributed by atoms with Crippen molar-refractivity contribution in [3.8, 4) is 0 Å². The smallest absolute Gasteiger partial charge is 0.170 e. The van der Waals surface area contributed by atoms with E-state index in [2.05, 4.69) is 4.90 Å². The summed E-state index contributed by atoms with van der Waals surface area (Å²) in [6, 6.07) is 0. The van der Waals surface area contributed by atoms with Gasteiger partial charge in [0.25, 0.3) is 0 Å². The van der Waals surface area contributed by atoms with Crippen molar-refractivity contribution in [3.05, 3.63) is 0 Å². The molecule has 1 spiro atoms. The average Bonchev–Trinajstić information content (AvgIpc) is 2.83. The topological polar surface area (TPSA) is 21.7 Å². The number of nitrogens with zero attached hydrogens (tertiary/aromatic N) is 1. The molecule has 3 rings (SSSR count). The molecule has 98 valence electrons. The highest BCUT2D eigenvalue weighted by molar-refractivity contribution is 4.83. The normalized spacial score (nSPS) is 31.1. The minimum absolute atomic E-state index is 0.191. The van der Waals surface area contributed by atoms with Crippen LogP contribution in [0.1, 0.15) is 44.9 Å². The van der Waals surface area contributed by atoms with Crippen molar-refractivity contribution in [2.75, 3.05) is 32.8 Å². The van der Waals surface area contributed by atoms with Crippen LogP contribution >= 0.6 is 0 Å². The van der Waals surface area contributed by atoms with Crippen molar-refractivity contribution in [1.29, 1.82) is 0 Å². The van der Waals surface area contributed by atoms with Crippen molar-refractivity contribution in [2.45, 2.75) is 50.7 Å². The van der Waals surface area contributed by atoms with Crippen LogP contribution in [-0.2, 0) is 9.47 Å². The maximum atomic E-state index is 5.77. The molecule has 1 saturated carbocycles. The van der Waals surface area contributed by atoms with Crippen LogP contribution in [0.2, 0.25) is 0 Å². The average molecular weight is 239 g/mol. The first-order valence-electron chi connectivity index (χ1n) is 7.37. The van der Waals surface area contributed by atoms with Crippen molar-refractivity contribution in [2.24, 2.45) is 5.92 Å². The van der Waals surface area contributed by atoms with Gasteiger partial charge in [-0.15, -0.1) is 0 Å². The van der Waals surface area contributed by atoms with Crippen LogP contribution in [-0.4, -0.2) is 43.5 Å². The van der Waals surface area contributed by atoms with Crippen LogP contribution in [0.25, 0.3) is 0 Å². The van der Waals surface area contributed by atoms with E-state index in [9.17, 15) is 0 Å². The standard InChI is InChI=1S/C14H25NO2/c1-2-4-13(5-3-1)12-15-8-6-14(7-9-15)16-10-11-17-14/h13H,1-12H2. The summed E-state index contributed by atoms with van der Waals surface area (Å²) in [7, 11) is 0. The molecule has 0 amide bonds. The molecule has 3 fully saturated rings. The molecule has 2 heterocycles. The molecule has 17 heavy (non-hydrogen) atoms. The SMILES string of the molecule is C1CCC(CN2CCC3(CC2)OCCO3)CC1. The lowest BCUT2D eigenvalue weighted by atomic mass is 9.88. The molecule has 2 aliphatic heterocycles. The quantitative estimate of drug-likeness (QED) is 0.738. The third-order valence-electron chi connectivity index (χ3n) is 4.67. The third kappa shape index (κ3) is 2.83. The fourth-order valence-electron chi connectivity index (χ4n) is 3.60. The molecule has 1 aliphatic carbocycles. The minimum atomic E-state index is -0.191. The van der Waals surface area contributed by atoms with Gasteiger partial charge in [-0.25, -0.2) is 0 Å². The Labute approximate surface area is 104 Å². The van der Waals surface area contributed by atoms with Gasteiger partial charge >= 0.3 is 0 Å². The Bertz CT molecular complexity index is 235. The summed E-state index contributed by atoms with van der Waals surface area (Å²) in [5, 5.41) is 0. The van der Waals surface area contributed by atoms with Gasteiger partial charge in [-0.3, -0.25) is 0 Å². The molecular formula is C14H25NO2. The Morgan fingerprint density at radius 3 is 2.24 bits per heavy atom. The van der Waals surface area contributed by atoms with Crippen LogP contribution < -0.4 is 0 Å². The van der Waals surface area contributed by atoms with Crippen LogP contribution in [0.15, 0.2) is 0 Å². The van der Waals surface area contributed by atoms with Crippen molar-refractivity contribution in [1.82, 2.24) is 4.90 Å². The number of piperidine rings is 1. The van der Waals surface area contributed by atoms with Gasteiger partial charge in [-0.2, -0.15) is 0 Å². The van der Waals surface area contributed by atoms with Gasteiger partial charge in [-0.05, 0) is 18.8 Å². The highest BCUT2D eigenvalue weighted by atomic mass is 16.7. The Hall–Kier alpha value is -0.120. The highest BCUT2D eigenvalue weighted by Gasteiger charge is 2.39. The van der Waals surface area contributed by atoms with Gasteiger partial charge in [0.2, 0.25) is 0 Å². The van der Waals surface area contributed by atoms with Crippen molar-refractivity contribution in [3.63, 3.8) is 0 Å². The Morgan fingerprint density at radius 1 is 0.941 bits per heavy atom. The van der Waals surface area contributed by atoms with E-state index in [1.165, 1.54) is 38.6 Å². The summed E-state index contributed by atoms with van der Waals surface area (Å²) in [6.07, 6.45) is 9.41. The number of likely N-dealkylation sites (tertiary alicyclic amines) is 1. The molecule has 3 aliphatic rings. The number of rotatable bonds is 2. The first-order chi connectivity index (χ1) is 8.36. The number of ether oxygens (including phenoxy) is 2. The zero-order valence-electron chi connectivity index (χ0n) is 10.8. The Balaban J connectivity index is 1.44. The Kier molecular flexibility index (Phi) is 3.69. The van der Waals surface area contributed by atoms with E-state index in [4.69, 9.17) is 9.47 Å². The molecule has 0 radical (unpaired) electrons. The fourth-order valence-corrected chi connectivity index (χ4v) is 3.60. The summed E-state index contributed by atoms with van der Waals surface area (Å²) < 4.78 is 11.5. The largest absolute Gasteiger partial charge is 0.347 e. The summed E-state index contributed by atoms with van der Waals surface area (Å²) >= 11 is 0. The molecular weight excluding hydrogens is 214 g/mol. The summed E-state index contributed by atoms with van der Waals surface area (Å²) in [5.74, 6) is 0.770. The van der Waals surface area contributed by atoms with Crippen molar-refractivity contribution >= 4 is 0 Å². The molecule has 0 aromatic carbocycles. The van der Waals surface area contributed by atoms with E-state index >= 15 is 0 Å². The highest BCUT2D eigenvalue weighted by Crippen LogP contribution is 2.32. The second-order valence-electron chi connectivity index (χ2n) is 5.91. The van der Waals surface area contributed by atoms with Crippen molar-refractivity contribution < 1.29 is 9.47 Å². The molecule has 0 aromatic rings. The lowest BCUT2D eigenvalue weighted by molar-refractivity contribution is -0.185. The van der Waals surface area contributed by atoms with Gasteiger partial charge in [0.15, 0.2) is 5.79 Å².